The Balaban J connectivity index is 1.35. The van der Waals surface area contributed by atoms with E-state index in [1.54, 1.807) is 24.5 Å². The summed E-state index contributed by atoms with van der Waals surface area (Å²) in [6.45, 7) is 5.01. The van der Waals surface area contributed by atoms with Gasteiger partial charge in [-0.1, -0.05) is 26.0 Å². The molecule has 1 aromatic rings. The minimum absolute atomic E-state index is 0.136. The average Bonchev–Trinajstić information content (AvgIpc) is 3.08. The molecule has 1 aromatic heterocycles. The largest absolute Gasteiger partial charge is 0.271 e. The number of carbonyl (C=O) groups excluding carboxylic acids is 1. The molecule has 4 nitrogen and oxygen atoms in total. The van der Waals surface area contributed by atoms with Crippen molar-refractivity contribution in [3.8, 4) is 0 Å². The van der Waals surface area contributed by atoms with Crippen molar-refractivity contribution in [1.82, 2.24) is 10.4 Å². The molecule has 4 heteroatoms. The summed E-state index contributed by atoms with van der Waals surface area (Å²) >= 11 is 0. The molecule has 29 heavy (non-hydrogen) atoms. The molecular weight excluding hydrogens is 358 g/mol. The van der Waals surface area contributed by atoms with Gasteiger partial charge in [0.05, 0.1) is 0 Å². The molecule has 0 aliphatic heterocycles. The lowest BCUT2D eigenvalue weighted by atomic mass is 9.46. The number of nitrogens with one attached hydrogen (secondary N) is 1. The first-order valence-corrected chi connectivity index (χ1v) is 11.4. The number of hydrogen-bond donors (Lipinski definition) is 1. The maximum atomic E-state index is 12.4. The highest BCUT2D eigenvalue weighted by atomic mass is 16.2. The predicted molar refractivity (Wildman–Crippen MR) is 115 cm³/mol. The van der Waals surface area contributed by atoms with E-state index in [4.69, 9.17) is 0 Å². The van der Waals surface area contributed by atoms with Gasteiger partial charge in [0.2, 0.25) is 0 Å². The quantitative estimate of drug-likeness (QED) is 0.544. The number of rotatable bonds is 2. The zero-order chi connectivity index (χ0) is 20.1. The van der Waals surface area contributed by atoms with Crippen molar-refractivity contribution in [2.24, 2.45) is 39.6 Å². The van der Waals surface area contributed by atoms with E-state index in [-0.39, 0.29) is 11.3 Å². The number of amides is 1. The highest BCUT2D eigenvalue weighted by Crippen LogP contribution is 2.64. The number of aromatic nitrogens is 1. The average molecular weight is 392 g/mol. The van der Waals surface area contributed by atoms with Crippen molar-refractivity contribution in [2.45, 2.75) is 65.2 Å². The van der Waals surface area contributed by atoms with E-state index in [2.05, 4.69) is 41.5 Å². The van der Waals surface area contributed by atoms with Gasteiger partial charge in [0, 0.05) is 29.1 Å². The zero-order valence-electron chi connectivity index (χ0n) is 17.7. The molecule has 0 radical (unpaired) electrons. The number of hydrogen-bond acceptors (Lipinski definition) is 3. The summed E-state index contributed by atoms with van der Waals surface area (Å²) in [6, 6.07) is 3.47. The van der Waals surface area contributed by atoms with Crippen LogP contribution in [0.1, 0.15) is 75.6 Å². The number of carbonyl (C=O) groups is 1. The van der Waals surface area contributed by atoms with E-state index in [9.17, 15) is 4.79 Å². The molecular formula is C25H33N3O. The third-order valence-electron chi connectivity index (χ3n) is 9.19. The van der Waals surface area contributed by atoms with Crippen LogP contribution in [0, 0.1) is 34.5 Å². The fraction of sp³-hybridized carbons (Fsp3) is 0.640. The van der Waals surface area contributed by atoms with Gasteiger partial charge in [-0.25, -0.2) is 5.43 Å². The zero-order valence-corrected chi connectivity index (χ0v) is 17.7. The Labute approximate surface area is 174 Å². The molecule has 0 saturated heterocycles. The summed E-state index contributed by atoms with van der Waals surface area (Å²) in [4.78, 5) is 16.4. The molecule has 6 atom stereocenters. The van der Waals surface area contributed by atoms with Gasteiger partial charge in [-0.15, -0.1) is 0 Å². The summed E-state index contributed by atoms with van der Waals surface area (Å²) in [5.74, 6) is 3.15. The summed E-state index contributed by atoms with van der Waals surface area (Å²) in [6.07, 6.45) is 18.3. The van der Waals surface area contributed by atoms with Crippen LogP contribution < -0.4 is 5.43 Å². The molecule has 1 N–H and O–H groups in total. The number of nitrogens with zero attached hydrogens (tertiary/aromatic N) is 2. The van der Waals surface area contributed by atoms with Crippen LogP contribution in [-0.2, 0) is 0 Å². The monoisotopic (exact) mass is 391 g/mol. The lowest BCUT2D eigenvalue weighted by molar-refractivity contribution is -0.0761. The molecule has 1 amide bonds. The van der Waals surface area contributed by atoms with Crippen LogP contribution >= 0.6 is 0 Å². The summed E-state index contributed by atoms with van der Waals surface area (Å²) in [5.41, 5.74) is 5.32. The van der Waals surface area contributed by atoms with E-state index in [1.165, 1.54) is 50.7 Å². The van der Waals surface area contributed by atoms with E-state index in [0.717, 1.165) is 30.1 Å². The standard InChI is InChI=1S/C25H33N3O/c1-24-13-4-3-5-18(24)6-7-19-20-8-9-22(25(20,2)14-10-21(19)24)27-28-23(29)17-11-15-26-16-12-17/h3-4,11-12,15-16,18-21H,5-10,13-14H2,1-2H3,(H,28,29)/t18-,19+,20-,21-,24-,25-/m0/s1. The van der Waals surface area contributed by atoms with Gasteiger partial charge in [0.1, 0.15) is 0 Å². The minimum atomic E-state index is -0.136. The highest BCUT2D eigenvalue weighted by molar-refractivity contribution is 5.97. The molecule has 4 aliphatic rings. The second-order valence-electron chi connectivity index (χ2n) is 10.3. The van der Waals surface area contributed by atoms with Gasteiger partial charge in [0.25, 0.3) is 5.91 Å². The van der Waals surface area contributed by atoms with Gasteiger partial charge in [-0.3, -0.25) is 9.78 Å². The first-order valence-electron chi connectivity index (χ1n) is 11.4. The Morgan fingerprint density at radius 3 is 2.76 bits per heavy atom. The SMILES string of the molecule is C[C@]12CC=CC[C@H]1CC[C@H]1[C@@H]2CC[C@]2(C)C(=NNC(=O)c3ccncc3)CC[C@@H]12. The van der Waals surface area contributed by atoms with Gasteiger partial charge in [-0.05, 0) is 92.6 Å². The van der Waals surface area contributed by atoms with Gasteiger partial charge in [-0.2, -0.15) is 5.10 Å². The topological polar surface area (TPSA) is 54.4 Å². The van der Waals surface area contributed by atoms with Crippen LogP contribution in [0.2, 0.25) is 0 Å². The van der Waals surface area contributed by atoms with Gasteiger partial charge < -0.3 is 0 Å². The molecule has 1 heterocycles. The Morgan fingerprint density at radius 2 is 1.93 bits per heavy atom. The molecule has 0 aromatic carbocycles. The Kier molecular flexibility index (Phi) is 4.64. The Morgan fingerprint density at radius 1 is 1.10 bits per heavy atom. The van der Waals surface area contributed by atoms with Crippen molar-refractivity contribution in [3.63, 3.8) is 0 Å². The van der Waals surface area contributed by atoms with Crippen molar-refractivity contribution in [2.75, 3.05) is 0 Å². The maximum absolute atomic E-state index is 12.4. The smallest absolute Gasteiger partial charge is 0.267 e. The fourth-order valence-electron chi connectivity index (χ4n) is 7.50. The van der Waals surface area contributed by atoms with Crippen LogP contribution in [0.15, 0.2) is 41.8 Å². The van der Waals surface area contributed by atoms with E-state index < -0.39 is 0 Å². The molecule has 3 saturated carbocycles. The summed E-state index contributed by atoms with van der Waals surface area (Å²) in [5, 5.41) is 4.68. The molecule has 154 valence electrons. The van der Waals surface area contributed by atoms with Crippen LogP contribution in [0.4, 0.5) is 0 Å². The van der Waals surface area contributed by atoms with Crippen molar-refractivity contribution in [3.05, 3.63) is 42.2 Å². The van der Waals surface area contributed by atoms with Gasteiger partial charge >= 0.3 is 0 Å². The highest BCUT2D eigenvalue weighted by Gasteiger charge is 2.58. The minimum Gasteiger partial charge on any atom is -0.267 e. The number of hydrazone groups is 1. The first-order chi connectivity index (χ1) is 14.0. The van der Waals surface area contributed by atoms with Crippen LogP contribution in [0.25, 0.3) is 0 Å². The van der Waals surface area contributed by atoms with Crippen molar-refractivity contribution >= 4 is 11.6 Å². The molecule has 0 spiro atoms. The van der Waals surface area contributed by atoms with E-state index in [0.29, 0.717) is 11.0 Å². The van der Waals surface area contributed by atoms with Gasteiger partial charge in [0.15, 0.2) is 0 Å². The number of fused-ring (bicyclic) bond motifs is 5. The number of allylic oxidation sites excluding steroid dienone is 2. The van der Waals surface area contributed by atoms with Crippen LogP contribution in [0.3, 0.4) is 0 Å². The van der Waals surface area contributed by atoms with Crippen molar-refractivity contribution in [1.29, 1.82) is 0 Å². The lowest BCUT2D eigenvalue weighted by Gasteiger charge is -2.59. The maximum Gasteiger partial charge on any atom is 0.271 e. The number of pyridine rings is 1. The summed E-state index contributed by atoms with van der Waals surface area (Å²) < 4.78 is 0. The Bertz CT molecular complexity index is 847. The fourth-order valence-corrected chi connectivity index (χ4v) is 7.50. The van der Waals surface area contributed by atoms with E-state index in [1.807, 2.05) is 0 Å². The molecule has 4 aliphatic carbocycles. The Hall–Kier alpha value is -1.97. The lowest BCUT2D eigenvalue weighted by Crippen LogP contribution is -2.52. The van der Waals surface area contributed by atoms with Crippen molar-refractivity contribution < 1.29 is 4.79 Å². The van der Waals surface area contributed by atoms with Crippen LogP contribution in [0.5, 0.6) is 0 Å². The molecule has 3 fully saturated rings. The predicted octanol–water partition coefficient (Wildman–Crippen LogP) is 5.38. The van der Waals surface area contributed by atoms with Crippen LogP contribution in [-0.4, -0.2) is 16.6 Å². The second kappa shape index (κ2) is 7.07. The third-order valence-corrected chi connectivity index (χ3v) is 9.19. The molecule has 0 bridgehead atoms. The summed E-state index contributed by atoms with van der Waals surface area (Å²) in [7, 11) is 0. The molecule has 0 unspecified atom stereocenters. The normalized spacial score (nSPS) is 42.1. The second-order valence-corrected chi connectivity index (χ2v) is 10.3. The molecule has 5 rings (SSSR count). The van der Waals surface area contributed by atoms with E-state index >= 15 is 0 Å². The third kappa shape index (κ3) is 2.98. The first kappa shape index (κ1) is 19.0.